The molecule has 138 valence electrons. The number of nitrogens with two attached hydrogens (primary N) is 2. The maximum absolute atomic E-state index is 11.6. The monoisotopic (exact) mass is 358 g/mol. The van der Waals surface area contributed by atoms with E-state index in [9.17, 15) is 9.59 Å². The van der Waals surface area contributed by atoms with Gasteiger partial charge in [0.2, 0.25) is 5.91 Å². The van der Waals surface area contributed by atoms with Crippen molar-refractivity contribution in [3.05, 3.63) is 30.2 Å². The largest absolute Gasteiger partial charge is 0.368 e. The van der Waals surface area contributed by atoms with Crippen LogP contribution in [0, 0.1) is 0 Å². The van der Waals surface area contributed by atoms with Crippen LogP contribution in [0.2, 0.25) is 0 Å². The Bertz CT molecular complexity index is 791. The lowest BCUT2D eigenvalue weighted by molar-refractivity contribution is -0.118. The Labute approximate surface area is 151 Å². The summed E-state index contributed by atoms with van der Waals surface area (Å²) >= 11 is 0. The van der Waals surface area contributed by atoms with Crippen LogP contribution in [0.1, 0.15) is 23.8 Å². The lowest BCUT2D eigenvalue weighted by Gasteiger charge is -2.16. The molecule has 2 amide bonds. The van der Waals surface area contributed by atoms with Crippen molar-refractivity contribution in [2.24, 2.45) is 11.5 Å². The van der Waals surface area contributed by atoms with Gasteiger partial charge < -0.3 is 27.0 Å². The maximum atomic E-state index is 11.6. The Hall–Kier alpha value is -3.43. The molecule has 2 rings (SSSR count). The average Bonchev–Trinajstić information content (AvgIpc) is 2.59. The highest BCUT2D eigenvalue weighted by Gasteiger charge is 2.17. The van der Waals surface area contributed by atoms with Gasteiger partial charge in [0.05, 0.1) is 18.1 Å². The number of nitrogens with zero attached hydrogens (tertiary/aromatic N) is 4. The number of carbonyl (C=O) groups is 2. The summed E-state index contributed by atoms with van der Waals surface area (Å²) in [5.74, 6) is -0.0145. The number of rotatable bonds is 8. The van der Waals surface area contributed by atoms with E-state index in [0.29, 0.717) is 17.9 Å². The Balaban J connectivity index is 2.30. The van der Waals surface area contributed by atoms with E-state index >= 15 is 0 Å². The molecule has 0 saturated heterocycles. The maximum Gasteiger partial charge on any atom is 0.271 e. The van der Waals surface area contributed by atoms with Gasteiger partial charge in [-0.15, -0.1) is 0 Å². The molecule has 0 saturated carbocycles. The standard InChI is InChI=1S/C16H22N8O2/c1-4-10(14(17)25)22-11-8-20-13(15(18)26)16(23-11)21-9-5-6-12(19-7-9)24(2)3/h5-8,10H,4H2,1-3H3,(H2,17,25)(H2,18,26)(H2,21,22,23). The highest BCUT2D eigenvalue weighted by molar-refractivity contribution is 5.96. The first kappa shape index (κ1) is 18.9. The van der Waals surface area contributed by atoms with E-state index in [2.05, 4.69) is 25.6 Å². The van der Waals surface area contributed by atoms with Crippen molar-refractivity contribution < 1.29 is 9.59 Å². The summed E-state index contributed by atoms with van der Waals surface area (Å²) in [4.78, 5) is 37.4. The molecule has 2 aromatic rings. The normalized spacial score (nSPS) is 11.5. The van der Waals surface area contributed by atoms with Gasteiger partial charge in [0.25, 0.3) is 5.91 Å². The van der Waals surface area contributed by atoms with Gasteiger partial charge in [-0.1, -0.05) is 6.92 Å². The van der Waals surface area contributed by atoms with Gasteiger partial charge >= 0.3 is 0 Å². The molecule has 0 bridgehead atoms. The van der Waals surface area contributed by atoms with E-state index in [1.165, 1.54) is 6.20 Å². The number of hydrogen-bond acceptors (Lipinski definition) is 8. The van der Waals surface area contributed by atoms with Gasteiger partial charge in [-0.3, -0.25) is 9.59 Å². The minimum Gasteiger partial charge on any atom is -0.368 e. The van der Waals surface area contributed by atoms with Crippen molar-refractivity contribution in [3.8, 4) is 0 Å². The third kappa shape index (κ3) is 4.56. The SMILES string of the molecule is CCC(Nc1cnc(C(N)=O)c(Nc2ccc(N(C)C)nc2)n1)C(N)=O. The molecular formula is C16H22N8O2. The molecule has 2 aromatic heterocycles. The second kappa shape index (κ2) is 8.10. The number of aromatic nitrogens is 3. The lowest BCUT2D eigenvalue weighted by atomic mass is 10.2. The summed E-state index contributed by atoms with van der Waals surface area (Å²) in [5.41, 5.74) is 11.3. The van der Waals surface area contributed by atoms with Crippen LogP contribution in [0.5, 0.6) is 0 Å². The first-order valence-corrected chi connectivity index (χ1v) is 7.95. The zero-order valence-electron chi connectivity index (χ0n) is 14.9. The van der Waals surface area contributed by atoms with Gasteiger partial charge in [-0.2, -0.15) is 0 Å². The van der Waals surface area contributed by atoms with Crippen LogP contribution in [-0.2, 0) is 4.79 Å². The highest BCUT2D eigenvalue weighted by atomic mass is 16.1. The first-order valence-electron chi connectivity index (χ1n) is 7.95. The van der Waals surface area contributed by atoms with Crippen molar-refractivity contribution in [3.63, 3.8) is 0 Å². The molecule has 6 N–H and O–H groups in total. The quantitative estimate of drug-likeness (QED) is 0.531. The van der Waals surface area contributed by atoms with Crippen LogP contribution in [0.25, 0.3) is 0 Å². The predicted octanol–water partition coefficient (Wildman–Crippen LogP) is 0.456. The topological polar surface area (TPSA) is 152 Å². The van der Waals surface area contributed by atoms with E-state index < -0.39 is 17.9 Å². The van der Waals surface area contributed by atoms with Crippen molar-refractivity contribution in [2.45, 2.75) is 19.4 Å². The zero-order valence-corrected chi connectivity index (χ0v) is 14.9. The Morgan fingerprint density at radius 1 is 1.19 bits per heavy atom. The molecule has 10 nitrogen and oxygen atoms in total. The second-order valence-electron chi connectivity index (χ2n) is 5.75. The zero-order chi connectivity index (χ0) is 19.3. The summed E-state index contributed by atoms with van der Waals surface area (Å²) in [6, 6.07) is 2.99. The third-order valence-corrected chi connectivity index (χ3v) is 3.55. The minimum atomic E-state index is -0.730. The number of primary amides is 2. The highest BCUT2D eigenvalue weighted by Crippen LogP contribution is 2.20. The first-order chi connectivity index (χ1) is 12.3. The Morgan fingerprint density at radius 3 is 2.42 bits per heavy atom. The van der Waals surface area contributed by atoms with Crippen molar-refractivity contribution in [1.29, 1.82) is 0 Å². The number of pyridine rings is 1. The molecule has 2 heterocycles. The van der Waals surface area contributed by atoms with Gasteiger partial charge in [-0.05, 0) is 18.6 Å². The van der Waals surface area contributed by atoms with E-state index in [0.717, 1.165) is 5.82 Å². The number of anilines is 4. The summed E-state index contributed by atoms with van der Waals surface area (Å²) in [6.07, 6.45) is 3.40. The molecular weight excluding hydrogens is 336 g/mol. The van der Waals surface area contributed by atoms with Gasteiger partial charge in [0, 0.05) is 14.1 Å². The summed E-state index contributed by atoms with van der Waals surface area (Å²) in [5, 5.41) is 5.85. The molecule has 26 heavy (non-hydrogen) atoms. The van der Waals surface area contributed by atoms with Crippen molar-refractivity contribution >= 4 is 35.0 Å². The van der Waals surface area contributed by atoms with Crippen LogP contribution in [-0.4, -0.2) is 46.9 Å². The number of hydrogen-bond donors (Lipinski definition) is 4. The predicted molar refractivity (Wildman–Crippen MR) is 99.3 cm³/mol. The number of carbonyl (C=O) groups excluding carboxylic acids is 2. The molecule has 0 aliphatic heterocycles. The fourth-order valence-corrected chi connectivity index (χ4v) is 2.14. The molecule has 0 spiro atoms. The van der Waals surface area contributed by atoms with E-state index in [-0.39, 0.29) is 11.5 Å². The number of nitrogens with one attached hydrogen (secondary N) is 2. The second-order valence-corrected chi connectivity index (χ2v) is 5.75. The third-order valence-electron chi connectivity index (χ3n) is 3.55. The molecule has 1 unspecified atom stereocenters. The average molecular weight is 358 g/mol. The summed E-state index contributed by atoms with van der Waals surface area (Å²) < 4.78 is 0. The fourth-order valence-electron chi connectivity index (χ4n) is 2.14. The smallest absolute Gasteiger partial charge is 0.271 e. The van der Waals surface area contributed by atoms with E-state index in [1.807, 2.05) is 32.0 Å². The molecule has 0 aliphatic rings. The van der Waals surface area contributed by atoms with Gasteiger partial charge in [0.15, 0.2) is 11.5 Å². The number of amides is 2. The van der Waals surface area contributed by atoms with Crippen LogP contribution in [0.15, 0.2) is 24.5 Å². The van der Waals surface area contributed by atoms with Gasteiger partial charge in [-0.25, -0.2) is 15.0 Å². The molecule has 10 heteroatoms. The molecule has 1 atom stereocenters. The van der Waals surface area contributed by atoms with E-state index in [1.54, 1.807) is 12.3 Å². The summed E-state index contributed by atoms with van der Waals surface area (Å²) in [6.45, 7) is 1.81. The van der Waals surface area contributed by atoms with E-state index in [4.69, 9.17) is 11.5 Å². The van der Waals surface area contributed by atoms with Crippen LogP contribution < -0.4 is 27.0 Å². The van der Waals surface area contributed by atoms with Gasteiger partial charge in [0.1, 0.15) is 17.7 Å². The Kier molecular flexibility index (Phi) is 5.89. The van der Waals surface area contributed by atoms with Crippen molar-refractivity contribution in [1.82, 2.24) is 15.0 Å². The summed E-state index contributed by atoms with van der Waals surface area (Å²) in [7, 11) is 3.76. The fraction of sp³-hybridized carbons (Fsp3) is 0.312. The van der Waals surface area contributed by atoms with Crippen LogP contribution in [0.4, 0.5) is 23.1 Å². The lowest BCUT2D eigenvalue weighted by Crippen LogP contribution is -2.35. The molecule has 0 aromatic carbocycles. The van der Waals surface area contributed by atoms with Crippen LogP contribution >= 0.6 is 0 Å². The Morgan fingerprint density at radius 2 is 1.92 bits per heavy atom. The van der Waals surface area contributed by atoms with Crippen LogP contribution in [0.3, 0.4) is 0 Å². The minimum absolute atomic E-state index is 0.0284. The molecule has 0 radical (unpaired) electrons. The molecule has 0 fully saturated rings. The molecule has 0 aliphatic carbocycles. The van der Waals surface area contributed by atoms with Crippen molar-refractivity contribution in [2.75, 3.05) is 29.6 Å².